The second-order valence-electron chi connectivity index (χ2n) is 7.66. The molecule has 6 nitrogen and oxygen atoms in total. The number of hydrogen-bond acceptors (Lipinski definition) is 5. The number of rotatable bonds is 5. The topological polar surface area (TPSA) is 71.8 Å². The zero-order valence-corrected chi connectivity index (χ0v) is 16.2. The number of ether oxygens (including phenoxy) is 1. The molecular formula is C22H26N2O4. The van der Waals surface area contributed by atoms with Crippen molar-refractivity contribution in [2.24, 2.45) is 0 Å². The molecule has 148 valence electrons. The van der Waals surface area contributed by atoms with E-state index in [-0.39, 0.29) is 5.56 Å². The van der Waals surface area contributed by atoms with Crippen molar-refractivity contribution in [2.75, 3.05) is 31.6 Å². The highest BCUT2D eigenvalue weighted by Gasteiger charge is 2.25. The van der Waals surface area contributed by atoms with Gasteiger partial charge in [0.2, 0.25) is 0 Å². The van der Waals surface area contributed by atoms with Crippen LogP contribution in [-0.2, 0) is 11.3 Å². The van der Waals surface area contributed by atoms with Gasteiger partial charge in [0.15, 0.2) is 0 Å². The lowest BCUT2D eigenvalue weighted by Gasteiger charge is -2.26. The third-order valence-electron chi connectivity index (χ3n) is 5.62. The van der Waals surface area contributed by atoms with Gasteiger partial charge in [0.1, 0.15) is 11.3 Å². The van der Waals surface area contributed by atoms with Gasteiger partial charge in [-0.25, -0.2) is 4.79 Å². The Bertz CT molecular complexity index is 894. The summed E-state index contributed by atoms with van der Waals surface area (Å²) in [7, 11) is 0. The molecule has 1 aromatic carbocycles. The number of amides is 1. The lowest BCUT2D eigenvalue weighted by molar-refractivity contribution is 0.0342. The number of carbonyl (C=O) groups is 1. The zero-order valence-electron chi connectivity index (χ0n) is 16.2. The van der Waals surface area contributed by atoms with Gasteiger partial charge in [0, 0.05) is 31.2 Å². The Morgan fingerprint density at radius 1 is 1.18 bits per heavy atom. The average Bonchev–Trinajstić information content (AvgIpc) is 2.62. The predicted octanol–water partition coefficient (Wildman–Crippen LogP) is 3.30. The van der Waals surface area contributed by atoms with Gasteiger partial charge in [0.05, 0.1) is 13.2 Å². The van der Waals surface area contributed by atoms with Crippen LogP contribution in [-0.4, -0.2) is 37.1 Å². The molecule has 28 heavy (non-hydrogen) atoms. The quantitative estimate of drug-likeness (QED) is 0.859. The average molecular weight is 382 g/mol. The third kappa shape index (κ3) is 4.18. The number of aryl methyl sites for hydroxylation is 1. The molecule has 0 atom stereocenters. The lowest BCUT2D eigenvalue weighted by atomic mass is 9.83. The normalized spacial score (nSPS) is 17.9. The van der Waals surface area contributed by atoms with E-state index in [4.69, 9.17) is 9.15 Å². The van der Waals surface area contributed by atoms with Crippen molar-refractivity contribution in [3.63, 3.8) is 0 Å². The Kier molecular flexibility index (Phi) is 5.59. The highest BCUT2D eigenvalue weighted by Crippen LogP contribution is 2.36. The van der Waals surface area contributed by atoms with Crippen molar-refractivity contribution in [1.82, 2.24) is 4.90 Å². The molecule has 1 aliphatic heterocycles. The number of morpholine rings is 1. The minimum Gasteiger partial charge on any atom is -0.427 e. The van der Waals surface area contributed by atoms with Crippen molar-refractivity contribution in [3.05, 3.63) is 63.2 Å². The van der Waals surface area contributed by atoms with Crippen LogP contribution in [0.5, 0.6) is 0 Å². The first-order chi connectivity index (χ1) is 13.6. The number of carbonyl (C=O) groups excluding carboxylic acids is 1. The first kappa shape index (κ1) is 18.9. The monoisotopic (exact) mass is 382 g/mol. The Hall–Kier alpha value is -2.44. The van der Waals surface area contributed by atoms with Crippen molar-refractivity contribution < 1.29 is 13.9 Å². The molecule has 1 amide bonds. The van der Waals surface area contributed by atoms with Crippen LogP contribution in [0.25, 0.3) is 0 Å². The van der Waals surface area contributed by atoms with E-state index >= 15 is 0 Å². The molecule has 6 heteroatoms. The summed E-state index contributed by atoms with van der Waals surface area (Å²) in [6.07, 6.45) is 3.26. The summed E-state index contributed by atoms with van der Waals surface area (Å²) in [5.74, 6) is 0.604. The Labute approximate surface area is 164 Å². The summed E-state index contributed by atoms with van der Waals surface area (Å²) in [4.78, 5) is 27.3. The van der Waals surface area contributed by atoms with E-state index in [0.717, 1.165) is 52.1 Å². The smallest absolute Gasteiger partial charge is 0.349 e. The molecular weight excluding hydrogens is 356 g/mol. The van der Waals surface area contributed by atoms with Gasteiger partial charge < -0.3 is 14.5 Å². The van der Waals surface area contributed by atoms with Gasteiger partial charge in [-0.3, -0.25) is 9.69 Å². The van der Waals surface area contributed by atoms with Crippen LogP contribution >= 0.6 is 0 Å². The van der Waals surface area contributed by atoms with Crippen molar-refractivity contribution in [2.45, 2.75) is 38.6 Å². The van der Waals surface area contributed by atoms with Crippen LogP contribution in [0.3, 0.4) is 0 Å². The number of nitrogens with zero attached hydrogens (tertiary/aromatic N) is 1. The molecule has 2 aliphatic rings. The van der Waals surface area contributed by atoms with E-state index in [0.29, 0.717) is 22.9 Å². The molecule has 1 aromatic heterocycles. The van der Waals surface area contributed by atoms with Crippen LogP contribution in [0.4, 0.5) is 5.69 Å². The third-order valence-corrected chi connectivity index (χ3v) is 5.62. The fourth-order valence-corrected chi connectivity index (χ4v) is 3.70. The van der Waals surface area contributed by atoms with E-state index in [1.165, 1.54) is 5.56 Å². The summed E-state index contributed by atoms with van der Waals surface area (Å²) >= 11 is 0. The number of anilines is 1. The lowest BCUT2D eigenvalue weighted by Crippen LogP contribution is -2.35. The van der Waals surface area contributed by atoms with Crippen LogP contribution < -0.4 is 10.9 Å². The van der Waals surface area contributed by atoms with Crippen molar-refractivity contribution in [1.29, 1.82) is 0 Å². The van der Waals surface area contributed by atoms with Gasteiger partial charge >= 0.3 is 5.63 Å². The molecule has 4 rings (SSSR count). The predicted molar refractivity (Wildman–Crippen MR) is 107 cm³/mol. The maximum atomic E-state index is 12.6. The first-order valence-electron chi connectivity index (χ1n) is 9.95. The number of benzene rings is 1. The molecule has 0 unspecified atom stereocenters. The molecule has 1 N–H and O–H groups in total. The SMILES string of the molecule is Cc1cc(C2CCC2)oc(=O)c1C(=O)Nc1ccc(CN2CCOCC2)cc1. The summed E-state index contributed by atoms with van der Waals surface area (Å²) < 4.78 is 10.8. The summed E-state index contributed by atoms with van der Waals surface area (Å²) in [6, 6.07) is 9.58. The minimum absolute atomic E-state index is 0.0838. The highest BCUT2D eigenvalue weighted by molar-refractivity contribution is 6.04. The second-order valence-corrected chi connectivity index (χ2v) is 7.66. The Balaban J connectivity index is 1.42. The summed E-state index contributed by atoms with van der Waals surface area (Å²) in [5.41, 5.74) is 2.04. The molecule has 2 heterocycles. The molecule has 0 bridgehead atoms. The maximum Gasteiger partial charge on any atom is 0.349 e. The van der Waals surface area contributed by atoms with Gasteiger partial charge in [-0.2, -0.15) is 0 Å². The zero-order chi connectivity index (χ0) is 19.5. The van der Waals surface area contributed by atoms with E-state index in [1.807, 2.05) is 30.3 Å². The van der Waals surface area contributed by atoms with E-state index in [1.54, 1.807) is 6.92 Å². The molecule has 2 fully saturated rings. The fraction of sp³-hybridized carbons (Fsp3) is 0.455. The van der Waals surface area contributed by atoms with Crippen LogP contribution in [0.2, 0.25) is 0 Å². The van der Waals surface area contributed by atoms with Gasteiger partial charge in [-0.1, -0.05) is 18.6 Å². The molecule has 2 aromatic rings. The van der Waals surface area contributed by atoms with Crippen molar-refractivity contribution >= 4 is 11.6 Å². The Morgan fingerprint density at radius 2 is 1.89 bits per heavy atom. The van der Waals surface area contributed by atoms with E-state index < -0.39 is 11.5 Å². The number of nitrogens with one attached hydrogen (secondary N) is 1. The Morgan fingerprint density at radius 3 is 2.50 bits per heavy atom. The molecule has 1 aliphatic carbocycles. The van der Waals surface area contributed by atoms with Crippen molar-refractivity contribution in [3.8, 4) is 0 Å². The summed E-state index contributed by atoms with van der Waals surface area (Å²) in [5, 5.41) is 2.81. The van der Waals surface area contributed by atoms with E-state index in [2.05, 4.69) is 10.2 Å². The standard InChI is InChI=1S/C22H26N2O4/c1-15-13-19(17-3-2-4-17)28-22(26)20(15)21(25)23-18-7-5-16(6-8-18)14-24-9-11-27-12-10-24/h5-8,13,17H,2-4,9-12,14H2,1H3,(H,23,25). The molecule has 1 saturated heterocycles. The minimum atomic E-state index is -0.552. The number of hydrogen-bond donors (Lipinski definition) is 1. The van der Waals surface area contributed by atoms with Gasteiger partial charge in [-0.15, -0.1) is 0 Å². The van der Waals surface area contributed by atoms with Gasteiger partial charge in [0.25, 0.3) is 5.91 Å². The molecule has 0 radical (unpaired) electrons. The van der Waals surface area contributed by atoms with Crippen LogP contribution in [0.1, 0.15) is 52.4 Å². The first-order valence-corrected chi connectivity index (χ1v) is 9.95. The van der Waals surface area contributed by atoms with E-state index in [9.17, 15) is 9.59 Å². The largest absolute Gasteiger partial charge is 0.427 e. The van der Waals surface area contributed by atoms with Crippen LogP contribution in [0, 0.1) is 6.92 Å². The van der Waals surface area contributed by atoms with Crippen LogP contribution in [0.15, 0.2) is 39.5 Å². The molecule has 0 spiro atoms. The summed E-state index contributed by atoms with van der Waals surface area (Å²) in [6.45, 7) is 6.07. The highest BCUT2D eigenvalue weighted by atomic mass is 16.5. The molecule has 1 saturated carbocycles. The van der Waals surface area contributed by atoms with Gasteiger partial charge in [-0.05, 0) is 49.1 Å². The maximum absolute atomic E-state index is 12.6. The second kappa shape index (κ2) is 8.29. The fourth-order valence-electron chi connectivity index (χ4n) is 3.70.